The quantitative estimate of drug-likeness (QED) is 0.855. The van der Waals surface area contributed by atoms with E-state index in [1.165, 1.54) is 18.2 Å². The number of hydrogen-bond donors (Lipinski definition) is 1. The first-order valence-corrected chi connectivity index (χ1v) is 8.47. The van der Waals surface area contributed by atoms with Gasteiger partial charge in [-0.25, -0.2) is 8.42 Å². The molecule has 1 aromatic rings. The van der Waals surface area contributed by atoms with Crippen molar-refractivity contribution in [1.82, 2.24) is 5.32 Å². The lowest BCUT2D eigenvalue weighted by Crippen LogP contribution is -2.30. The van der Waals surface area contributed by atoms with Crippen LogP contribution in [0.1, 0.15) is 24.3 Å². The second-order valence-electron chi connectivity index (χ2n) is 5.23. The molecule has 3 unspecified atom stereocenters. The van der Waals surface area contributed by atoms with Gasteiger partial charge in [-0.2, -0.15) is 0 Å². The summed E-state index contributed by atoms with van der Waals surface area (Å²) in [6.45, 7) is 0. The zero-order valence-electron chi connectivity index (χ0n) is 11.0. The van der Waals surface area contributed by atoms with Crippen LogP contribution in [0.2, 0.25) is 0 Å². The summed E-state index contributed by atoms with van der Waals surface area (Å²) >= 11 is 0. The predicted octanol–water partition coefficient (Wildman–Crippen LogP) is 1.81. The number of hydrogen-bond acceptors (Lipinski definition) is 3. The SMILES string of the molecule is CNC(CCS(C)(=O)=O)C1CC1c1ccccc1. The molecule has 4 heteroatoms. The summed E-state index contributed by atoms with van der Waals surface area (Å²) in [5.41, 5.74) is 1.38. The monoisotopic (exact) mass is 267 g/mol. The minimum Gasteiger partial charge on any atom is -0.317 e. The molecule has 0 amide bonds. The highest BCUT2D eigenvalue weighted by Crippen LogP contribution is 2.50. The molecule has 1 aromatic carbocycles. The zero-order valence-corrected chi connectivity index (χ0v) is 11.8. The maximum atomic E-state index is 11.2. The van der Waals surface area contributed by atoms with Gasteiger partial charge in [0.1, 0.15) is 9.84 Å². The van der Waals surface area contributed by atoms with Gasteiger partial charge in [0.25, 0.3) is 0 Å². The number of rotatable bonds is 6. The molecule has 0 bridgehead atoms. The molecule has 3 atom stereocenters. The van der Waals surface area contributed by atoms with Crippen LogP contribution < -0.4 is 5.32 Å². The summed E-state index contributed by atoms with van der Waals surface area (Å²) in [7, 11) is -0.933. The average Bonchev–Trinajstić information content (AvgIpc) is 3.10. The molecule has 0 aliphatic heterocycles. The van der Waals surface area contributed by atoms with Crippen LogP contribution in [-0.4, -0.2) is 33.5 Å². The fourth-order valence-corrected chi connectivity index (χ4v) is 3.34. The molecule has 0 saturated heterocycles. The maximum absolute atomic E-state index is 11.2. The molecule has 1 aliphatic rings. The van der Waals surface area contributed by atoms with Crippen molar-refractivity contribution < 1.29 is 8.42 Å². The van der Waals surface area contributed by atoms with Crippen LogP contribution in [0.15, 0.2) is 30.3 Å². The van der Waals surface area contributed by atoms with Crippen molar-refractivity contribution in [3.8, 4) is 0 Å². The number of sulfone groups is 1. The van der Waals surface area contributed by atoms with Crippen LogP contribution in [0, 0.1) is 5.92 Å². The van der Waals surface area contributed by atoms with Crippen molar-refractivity contribution in [3.63, 3.8) is 0 Å². The molecule has 0 radical (unpaired) electrons. The van der Waals surface area contributed by atoms with Crippen LogP contribution in [0.3, 0.4) is 0 Å². The lowest BCUT2D eigenvalue weighted by molar-refractivity contribution is 0.478. The molecule has 0 aromatic heterocycles. The van der Waals surface area contributed by atoms with E-state index >= 15 is 0 Å². The van der Waals surface area contributed by atoms with Gasteiger partial charge < -0.3 is 5.32 Å². The Hall–Kier alpha value is -0.870. The maximum Gasteiger partial charge on any atom is 0.147 e. The average molecular weight is 267 g/mol. The fourth-order valence-electron chi connectivity index (χ4n) is 2.66. The highest BCUT2D eigenvalue weighted by atomic mass is 32.2. The Morgan fingerprint density at radius 1 is 1.33 bits per heavy atom. The molecule has 1 saturated carbocycles. The summed E-state index contributed by atoms with van der Waals surface area (Å²) in [5.74, 6) is 1.46. The van der Waals surface area contributed by atoms with E-state index in [1.54, 1.807) is 0 Å². The minimum atomic E-state index is -2.86. The summed E-state index contributed by atoms with van der Waals surface area (Å²) in [4.78, 5) is 0. The van der Waals surface area contributed by atoms with Gasteiger partial charge in [-0.05, 0) is 37.3 Å². The van der Waals surface area contributed by atoms with Crippen molar-refractivity contribution in [3.05, 3.63) is 35.9 Å². The first-order chi connectivity index (χ1) is 8.51. The Bertz CT molecular complexity index is 484. The Labute approximate surface area is 110 Å². The van der Waals surface area contributed by atoms with Crippen LogP contribution in [0.5, 0.6) is 0 Å². The normalized spacial score (nSPS) is 24.8. The highest BCUT2D eigenvalue weighted by molar-refractivity contribution is 7.90. The molecule has 1 fully saturated rings. The van der Waals surface area contributed by atoms with E-state index in [1.807, 2.05) is 13.1 Å². The molecule has 2 rings (SSSR count). The summed E-state index contributed by atoms with van der Waals surface area (Å²) in [6.07, 6.45) is 3.18. The Kier molecular flexibility index (Phi) is 4.07. The first kappa shape index (κ1) is 13.6. The molecule has 18 heavy (non-hydrogen) atoms. The second-order valence-corrected chi connectivity index (χ2v) is 7.49. The first-order valence-electron chi connectivity index (χ1n) is 6.41. The van der Waals surface area contributed by atoms with Gasteiger partial charge in [0.2, 0.25) is 0 Å². The molecule has 1 N–H and O–H groups in total. The lowest BCUT2D eigenvalue weighted by atomic mass is 10.0. The van der Waals surface area contributed by atoms with Gasteiger partial charge in [-0.1, -0.05) is 30.3 Å². The molecule has 0 spiro atoms. The van der Waals surface area contributed by atoms with Crippen molar-refractivity contribution in [1.29, 1.82) is 0 Å². The molecular weight excluding hydrogens is 246 g/mol. The van der Waals surface area contributed by atoms with E-state index < -0.39 is 9.84 Å². The van der Waals surface area contributed by atoms with Crippen molar-refractivity contribution in [2.75, 3.05) is 19.1 Å². The molecule has 1 aliphatic carbocycles. The molecular formula is C14H21NO2S. The van der Waals surface area contributed by atoms with Crippen molar-refractivity contribution in [2.24, 2.45) is 5.92 Å². The van der Waals surface area contributed by atoms with Gasteiger partial charge in [-0.15, -0.1) is 0 Å². The minimum absolute atomic E-state index is 0.274. The Balaban J connectivity index is 1.92. The number of benzene rings is 1. The van der Waals surface area contributed by atoms with Crippen LogP contribution >= 0.6 is 0 Å². The van der Waals surface area contributed by atoms with E-state index in [0.717, 1.165) is 0 Å². The van der Waals surface area contributed by atoms with Gasteiger partial charge in [-0.3, -0.25) is 0 Å². The van der Waals surface area contributed by atoms with E-state index in [9.17, 15) is 8.42 Å². The van der Waals surface area contributed by atoms with E-state index in [-0.39, 0.29) is 5.75 Å². The topological polar surface area (TPSA) is 46.2 Å². The van der Waals surface area contributed by atoms with Gasteiger partial charge in [0.15, 0.2) is 0 Å². The summed E-state index contributed by atoms with van der Waals surface area (Å²) in [5, 5.41) is 3.27. The summed E-state index contributed by atoms with van der Waals surface area (Å²) in [6, 6.07) is 10.8. The third-order valence-corrected chi connectivity index (χ3v) is 4.73. The van der Waals surface area contributed by atoms with Gasteiger partial charge >= 0.3 is 0 Å². The zero-order chi connectivity index (χ0) is 13.2. The van der Waals surface area contributed by atoms with E-state index in [2.05, 4.69) is 29.6 Å². The standard InChI is InChI=1S/C14H21NO2S/c1-15-14(8-9-18(2,16)17)13-10-12(13)11-6-4-3-5-7-11/h3-7,12-15H,8-10H2,1-2H3. The molecule has 3 nitrogen and oxygen atoms in total. The lowest BCUT2D eigenvalue weighted by Gasteiger charge is -2.15. The van der Waals surface area contributed by atoms with Crippen molar-refractivity contribution >= 4 is 9.84 Å². The van der Waals surface area contributed by atoms with Gasteiger partial charge in [0.05, 0.1) is 5.75 Å². The fraction of sp³-hybridized carbons (Fsp3) is 0.571. The van der Waals surface area contributed by atoms with Crippen LogP contribution in [0.4, 0.5) is 0 Å². The van der Waals surface area contributed by atoms with Gasteiger partial charge in [0, 0.05) is 12.3 Å². The molecule has 100 valence electrons. The van der Waals surface area contributed by atoms with Crippen molar-refractivity contribution in [2.45, 2.75) is 24.8 Å². The largest absolute Gasteiger partial charge is 0.317 e. The molecule has 0 heterocycles. The summed E-state index contributed by atoms with van der Waals surface area (Å²) < 4.78 is 22.4. The Morgan fingerprint density at radius 3 is 2.56 bits per heavy atom. The van der Waals surface area contributed by atoms with Crippen LogP contribution in [0.25, 0.3) is 0 Å². The van der Waals surface area contributed by atoms with E-state index in [0.29, 0.717) is 24.3 Å². The van der Waals surface area contributed by atoms with Crippen LogP contribution in [-0.2, 0) is 9.84 Å². The highest BCUT2D eigenvalue weighted by Gasteiger charge is 2.43. The van der Waals surface area contributed by atoms with E-state index in [4.69, 9.17) is 0 Å². The smallest absolute Gasteiger partial charge is 0.147 e. The Morgan fingerprint density at radius 2 is 2.00 bits per heavy atom. The predicted molar refractivity (Wildman–Crippen MR) is 74.5 cm³/mol. The third kappa shape index (κ3) is 3.56. The third-order valence-electron chi connectivity index (χ3n) is 3.75. The number of nitrogens with one attached hydrogen (secondary N) is 1. The second kappa shape index (κ2) is 5.41.